The predicted molar refractivity (Wildman–Crippen MR) is 133 cm³/mol. The van der Waals surface area contributed by atoms with Crippen LogP contribution >= 0.6 is 15.9 Å². The molecule has 0 bridgehead atoms. The molecule has 164 valence electrons. The number of carbonyl (C=O) groups excluding carboxylic acids is 2. The standard InChI is InChI=1S/C26H26BrNO3Si/c1-32(22-13-7-3-8-14-22,23-15-9-4-10-16-23)19-24(27)25(29)28-21(18-31-26(28)30)17-20-11-5-2-6-12-20/h2-16,21,24H,17-19H2,1H3/t21-,24+/m1/s1. The van der Waals surface area contributed by atoms with Crippen LogP contribution in [0, 0.1) is 0 Å². The molecule has 1 heterocycles. The number of ether oxygens (including phenoxy) is 1. The van der Waals surface area contributed by atoms with Gasteiger partial charge in [0.25, 0.3) is 0 Å². The van der Waals surface area contributed by atoms with Gasteiger partial charge in [0, 0.05) is 0 Å². The first kappa shape index (κ1) is 22.5. The van der Waals surface area contributed by atoms with Crippen molar-refractivity contribution in [1.82, 2.24) is 4.90 Å². The Bertz CT molecular complexity index is 1020. The van der Waals surface area contributed by atoms with Crippen molar-refractivity contribution in [2.75, 3.05) is 6.61 Å². The molecule has 1 aliphatic rings. The van der Waals surface area contributed by atoms with E-state index < -0.39 is 19.0 Å². The van der Waals surface area contributed by atoms with Gasteiger partial charge < -0.3 is 4.74 Å². The minimum absolute atomic E-state index is 0.223. The number of halogens is 1. The topological polar surface area (TPSA) is 46.6 Å². The van der Waals surface area contributed by atoms with Gasteiger partial charge in [0.15, 0.2) is 0 Å². The molecular formula is C26H26BrNO3Si. The van der Waals surface area contributed by atoms with Crippen LogP contribution in [0.2, 0.25) is 12.6 Å². The van der Waals surface area contributed by atoms with E-state index >= 15 is 0 Å². The second-order valence-electron chi connectivity index (χ2n) is 8.36. The fourth-order valence-corrected chi connectivity index (χ4v) is 10.1. The summed E-state index contributed by atoms with van der Waals surface area (Å²) < 4.78 is 5.28. The van der Waals surface area contributed by atoms with E-state index in [4.69, 9.17) is 4.74 Å². The minimum atomic E-state index is -2.24. The largest absolute Gasteiger partial charge is 0.447 e. The molecule has 32 heavy (non-hydrogen) atoms. The minimum Gasteiger partial charge on any atom is -0.447 e. The van der Waals surface area contributed by atoms with E-state index in [1.54, 1.807) is 0 Å². The SMILES string of the molecule is C[Si](C[C@H](Br)C(=O)N1C(=O)OC[C@H]1Cc1ccccc1)(c1ccccc1)c1ccccc1. The third-order valence-electron chi connectivity index (χ3n) is 6.19. The van der Waals surface area contributed by atoms with Gasteiger partial charge in [0.1, 0.15) is 14.7 Å². The molecule has 1 aliphatic heterocycles. The van der Waals surface area contributed by atoms with Crippen molar-refractivity contribution in [3.05, 3.63) is 96.6 Å². The lowest BCUT2D eigenvalue weighted by Crippen LogP contribution is -2.58. The zero-order chi connectivity index (χ0) is 22.6. The number of cyclic esters (lactones) is 1. The maximum Gasteiger partial charge on any atom is 0.417 e. The van der Waals surface area contributed by atoms with Crippen LogP contribution in [0.1, 0.15) is 5.56 Å². The van der Waals surface area contributed by atoms with Gasteiger partial charge in [-0.1, -0.05) is 124 Å². The van der Waals surface area contributed by atoms with Crippen molar-refractivity contribution in [2.45, 2.75) is 29.9 Å². The van der Waals surface area contributed by atoms with Crippen molar-refractivity contribution in [1.29, 1.82) is 0 Å². The van der Waals surface area contributed by atoms with Crippen LogP contribution in [-0.2, 0) is 16.0 Å². The Hall–Kier alpha value is -2.70. The monoisotopic (exact) mass is 507 g/mol. The van der Waals surface area contributed by atoms with E-state index in [-0.39, 0.29) is 18.6 Å². The molecule has 4 rings (SSSR count). The molecule has 2 atom stereocenters. The van der Waals surface area contributed by atoms with E-state index in [0.29, 0.717) is 12.5 Å². The molecule has 0 spiro atoms. The molecule has 0 N–H and O–H groups in total. The molecule has 6 heteroatoms. The number of benzene rings is 3. The number of alkyl halides is 1. The van der Waals surface area contributed by atoms with Gasteiger partial charge >= 0.3 is 6.09 Å². The average molecular weight is 508 g/mol. The van der Waals surface area contributed by atoms with E-state index in [0.717, 1.165) is 5.56 Å². The highest BCUT2D eigenvalue weighted by atomic mass is 79.9. The zero-order valence-corrected chi connectivity index (χ0v) is 20.6. The third kappa shape index (κ3) is 4.71. The predicted octanol–water partition coefficient (Wildman–Crippen LogP) is 4.23. The van der Waals surface area contributed by atoms with Crippen molar-refractivity contribution in [2.24, 2.45) is 0 Å². The summed E-state index contributed by atoms with van der Waals surface area (Å²) in [5, 5.41) is 2.52. The van der Waals surface area contributed by atoms with Gasteiger partial charge in [-0.3, -0.25) is 4.79 Å². The third-order valence-corrected chi connectivity index (χ3v) is 11.9. The highest BCUT2D eigenvalue weighted by molar-refractivity contribution is 9.10. The Labute approximate surface area is 198 Å². The summed E-state index contributed by atoms with van der Waals surface area (Å²) in [6.45, 7) is 2.51. The lowest BCUT2D eigenvalue weighted by atomic mass is 10.1. The second kappa shape index (κ2) is 9.84. The summed E-state index contributed by atoms with van der Waals surface area (Å²) in [5.74, 6) is -0.223. The molecule has 3 aromatic carbocycles. The Kier molecular flexibility index (Phi) is 6.91. The van der Waals surface area contributed by atoms with Crippen LogP contribution in [0.3, 0.4) is 0 Å². The number of amides is 2. The van der Waals surface area contributed by atoms with Crippen molar-refractivity contribution in [3.63, 3.8) is 0 Å². The molecule has 1 saturated heterocycles. The van der Waals surface area contributed by atoms with E-state index in [2.05, 4.69) is 46.7 Å². The first-order chi connectivity index (χ1) is 15.5. The van der Waals surface area contributed by atoms with Gasteiger partial charge in [-0.25, -0.2) is 9.69 Å². The lowest BCUT2D eigenvalue weighted by molar-refractivity contribution is -0.128. The normalized spacial score (nSPS) is 17.1. The fraction of sp³-hybridized carbons (Fsp3) is 0.231. The van der Waals surface area contributed by atoms with Gasteiger partial charge in [-0.2, -0.15) is 0 Å². The van der Waals surface area contributed by atoms with Crippen LogP contribution < -0.4 is 10.4 Å². The maximum absolute atomic E-state index is 13.5. The molecule has 3 aromatic rings. The molecule has 0 radical (unpaired) electrons. The number of hydrogen-bond donors (Lipinski definition) is 0. The molecule has 1 fully saturated rings. The van der Waals surface area contributed by atoms with Gasteiger partial charge in [0.05, 0.1) is 10.9 Å². The Balaban J connectivity index is 1.58. The summed E-state index contributed by atoms with van der Waals surface area (Å²) >= 11 is 3.66. The zero-order valence-electron chi connectivity index (χ0n) is 18.0. The first-order valence-electron chi connectivity index (χ1n) is 10.8. The number of nitrogens with zero attached hydrogens (tertiary/aromatic N) is 1. The van der Waals surface area contributed by atoms with Gasteiger partial charge in [-0.15, -0.1) is 0 Å². The van der Waals surface area contributed by atoms with Crippen LogP contribution in [0.25, 0.3) is 0 Å². The highest BCUT2D eigenvalue weighted by Crippen LogP contribution is 2.25. The van der Waals surface area contributed by atoms with Crippen molar-refractivity contribution >= 4 is 46.4 Å². The molecular weight excluding hydrogens is 482 g/mol. The molecule has 2 amide bonds. The van der Waals surface area contributed by atoms with Crippen molar-refractivity contribution < 1.29 is 14.3 Å². The highest BCUT2D eigenvalue weighted by Gasteiger charge is 2.43. The molecule has 0 saturated carbocycles. The number of imide groups is 1. The van der Waals surface area contributed by atoms with Gasteiger partial charge in [-0.05, 0) is 18.0 Å². The van der Waals surface area contributed by atoms with Gasteiger partial charge in [0.2, 0.25) is 5.91 Å². The smallest absolute Gasteiger partial charge is 0.417 e. The van der Waals surface area contributed by atoms with Crippen molar-refractivity contribution in [3.8, 4) is 0 Å². The van der Waals surface area contributed by atoms with Crippen LogP contribution in [0.15, 0.2) is 91.0 Å². The summed E-state index contributed by atoms with van der Waals surface area (Å²) in [5.41, 5.74) is 1.08. The van der Waals surface area contributed by atoms with E-state index in [1.807, 2.05) is 66.7 Å². The number of carbonyl (C=O) groups is 2. The summed E-state index contributed by atoms with van der Waals surface area (Å²) in [4.78, 5) is 26.8. The number of rotatable bonds is 7. The summed E-state index contributed by atoms with van der Waals surface area (Å²) in [7, 11) is -2.24. The maximum atomic E-state index is 13.5. The Morgan fingerprint density at radius 2 is 1.47 bits per heavy atom. The average Bonchev–Trinajstić information content (AvgIpc) is 3.19. The first-order valence-corrected chi connectivity index (χ1v) is 14.4. The quantitative estimate of drug-likeness (QED) is 0.355. The molecule has 0 unspecified atom stereocenters. The van der Waals surface area contributed by atoms with Crippen LogP contribution in [0.5, 0.6) is 0 Å². The van der Waals surface area contributed by atoms with E-state index in [1.165, 1.54) is 15.3 Å². The second-order valence-corrected chi connectivity index (χ2v) is 13.7. The lowest BCUT2D eigenvalue weighted by Gasteiger charge is -2.32. The molecule has 0 aliphatic carbocycles. The Morgan fingerprint density at radius 1 is 0.969 bits per heavy atom. The number of hydrogen-bond acceptors (Lipinski definition) is 3. The fourth-order valence-electron chi connectivity index (χ4n) is 4.38. The summed E-state index contributed by atoms with van der Waals surface area (Å²) in [6.07, 6.45) is 0.0348. The van der Waals surface area contributed by atoms with Crippen LogP contribution in [-0.4, -0.2) is 42.5 Å². The van der Waals surface area contributed by atoms with E-state index in [9.17, 15) is 9.59 Å². The molecule has 4 nitrogen and oxygen atoms in total. The summed E-state index contributed by atoms with van der Waals surface area (Å²) in [6, 6.07) is 31.0. The van der Waals surface area contributed by atoms with Crippen LogP contribution in [0.4, 0.5) is 4.79 Å². The Morgan fingerprint density at radius 3 is 2.00 bits per heavy atom. The molecule has 0 aromatic heterocycles.